The Balaban J connectivity index is 1.66. The van der Waals surface area contributed by atoms with Crippen LogP contribution in [-0.2, 0) is 11.3 Å². The Morgan fingerprint density at radius 3 is 2.62 bits per heavy atom. The van der Waals surface area contributed by atoms with Gasteiger partial charge in [-0.15, -0.1) is 5.10 Å². The monoisotopic (exact) mass is 441 g/mol. The van der Waals surface area contributed by atoms with E-state index in [0.29, 0.717) is 61.0 Å². The van der Waals surface area contributed by atoms with Crippen LogP contribution in [0.2, 0.25) is 0 Å². The highest BCUT2D eigenvalue weighted by atomic mass is 19.3. The molecule has 1 aliphatic heterocycles. The fourth-order valence-corrected chi connectivity index (χ4v) is 3.70. The van der Waals surface area contributed by atoms with Crippen molar-refractivity contribution in [1.82, 2.24) is 29.3 Å². The van der Waals surface area contributed by atoms with Crippen molar-refractivity contribution >= 4 is 17.0 Å². The third-order valence-electron chi connectivity index (χ3n) is 5.26. The van der Waals surface area contributed by atoms with Gasteiger partial charge in [-0.05, 0) is 12.5 Å². The van der Waals surface area contributed by atoms with Gasteiger partial charge in [0, 0.05) is 25.8 Å². The zero-order valence-corrected chi connectivity index (χ0v) is 17.4. The Morgan fingerprint density at radius 2 is 1.91 bits per heavy atom. The molecule has 1 fully saturated rings. The van der Waals surface area contributed by atoms with Gasteiger partial charge in [0.05, 0.1) is 25.1 Å². The first kappa shape index (κ1) is 20.3. The summed E-state index contributed by atoms with van der Waals surface area (Å²) in [6, 6.07) is 9.08. The summed E-state index contributed by atoms with van der Waals surface area (Å²) in [5.41, 5.74) is 2.44. The summed E-state index contributed by atoms with van der Waals surface area (Å²) in [5.74, 6) is 0.718. The minimum atomic E-state index is -3.00. The van der Waals surface area contributed by atoms with E-state index in [2.05, 4.69) is 20.0 Å². The summed E-state index contributed by atoms with van der Waals surface area (Å²) in [6.45, 7) is 2.16. The number of anilines is 1. The maximum Gasteiger partial charge on any atom is 0.388 e. The van der Waals surface area contributed by atoms with Crippen LogP contribution in [0.4, 0.5) is 14.6 Å². The number of ether oxygens (including phenoxy) is 2. The average molecular weight is 441 g/mol. The van der Waals surface area contributed by atoms with Crippen LogP contribution in [-0.4, -0.2) is 62.2 Å². The van der Waals surface area contributed by atoms with E-state index in [1.807, 2.05) is 29.7 Å². The molecule has 0 unspecified atom stereocenters. The molecule has 32 heavy (non-hydrogen) atoms. The molecule has 0 spiro atoms. The average Bonchev–Trinajstić information content (AvgIpc) is 3.43. The normalized spacial score (nSPS) is 14.4. The van der Waals surface area contributed by atoms with E-state index in [4.69, 9.17) is 14.5 Å². The standard InChI is InChI=1S/C21H21F2N7O2/c1-2-28-13-24-16-17(28)25-21(26-18(16)29-8-10-31-11-9-29)30-12-15(14-6-4-3-5-7-14)19(27-30)32-20(22)23/h3-7,12-13,20H,2,8-11H2,1H3. The first-order chi connectivity index (χ1) is 15.6. The lowest BCUT2D eigenvalue weighted by Gasteiger charge is -2.28. The lowest BCUT2D eigenvalue weighted by atomic mass is 10.1. The van der Waals surface area contributed by atoms with Gasteiger partial charge < -0.3 is 18.9 Å². The van der Waals surface area contributed by atoms with Gasteiger partial charge in [-0.3, -0.25) is 0 Å². The molecule has 4 aromatic rings. The molecule has 166 valence electrons. The first-order valence-electron chi connectivity index (χ1n) is 10.3. The Morgan fingerprint density at radius 1 is 1.12 bits per heavy atom. The number of aromatic nitrogens is 6. The topological polar surface area (TPSA) is 83.1 Å². The molecule has 1 aliphatic rings. The molecule has 1 aromatic carbocycles. The lowest BCUT2D eigenvalue weighted by molar-refractivity contribution is -0.0526. The summed E-state index contributed by atoms with van der Waals surface area (Å²) < 4.78 is 39.6. The third kappa shape index (κ3) is 3.75. The molecule has 0 N–H and O–H groups in total. The van der Waals surface area contributed by atoms with E-state index < -0.39 is 6.61 Å². The Kier molecular flexibility index (Phi) is 5.39. The van der Waals surface area contributed by atoms with E-state index in [1.54, 1.807) is 24.7 Å². The number of benzene rings is 1. The quantitative estimate of drug-likeness (QED) is 0.455. The molecule has 0 bridgehead atoms. The largest absolute Gasteiger partial charge is 0.415 e. The molecule has 0 saturated carbocycles. The van der Waals surface area contributed by atoms with Gasteiger partial charge in [0.15, 0.2) is 17.0 Å². The van der Waals surface area contributed by atoms with Crippen molar-refractivity contribution in [2.45, 2.75) is 20.1 Å². The van der Waals surface area contributed by atoms with E-state index in [9.17, 15) is 8.78 Å². The number of hydrogen-bond donors (Lipinski definition) is 0. The number of alkyl halides is 2. The maximum atomic E-state index is 13.1. The number of halogens is 2. The van der Waals surface area contributed by atoms with E-state index in [0.717, 1.165) is 0 Å². The highest BCUT2D eigenvalue weighted by Gasteiger charge is 2.23. The van der Waals surface area contributed by atoms with Crippen LogP contribution in [0.5, 0.6) is 5.88 Å². The highest BCUT2D eigenvalue weighted by molar-refractivity contribution is 5.84. The van der Waals surface area contributed by atoms with E-state index in [1.165, 1.54) is 4.68 Å². The predicted molar refractivity (Wildman–Crippen MR) is 113 cm³/mol. The summed E-state index contributed by atoms with van der Waals surface area (Å²) >= 11 is 0. The van der Waals surface area contributed by atoms with Crippen molar-refractivity contribution in [1.29, 1.82) is 0 Å². The van der Waals surface area contributed by atoms with Crippen molar-refractivity contribution < 1.29 is 18.3 Å². The zero-order chi connectivity index (χ0) is 22.1. The van der Waals surface area contributed by atoms with Crippen LogP contribution >= 0.6 is 0 Å². The molecule has 9 nitrogen and oxygen atoms in total. The van der Waals surface area contributed by atoms with E-state index in [-0.39, 0.29) is 11.8 Å². The number of hydrogen-bond acceptors (Lipinski definition) is 7. The molecular weight excluding hydrogens is 420 g/mol. The maximum absolute atomic E-state index is 13.1. The predicted octanol–water partition coefficient (Wildman–Crippen LogP) is 3.14. The van der Waals surface area contributed by atoms with Gasteiger partial charge in [0.25, 0.3) is 5.95 Å². The van der Waals surface area contributed by atoms with Crippen LogP contribution in [0.1, 0.15) is 6.92 Å². The molecule has 0 aliphatic carbocycles. The van der Waals surface area contributed by atoms with Crippen LogP contribution < -0.4 is 9.64 Å². The third-order valence-corrected chi connectivity index (χ3v) is 5.26. The van der Waals surface area contributed by atoms with Gasteiger partial charge in [-0.2, -0.15) is 18.7 Å². The Hall–Kier alpha value is -3.60. The van der Waals surface area contributed by atoms with Gasteiger partial charge >= 0.3 is 6.61 Å². The van der Waals surface area contributed by atoms with Crippen LogP contribution in [0, 0.1) is 0 Å². The van der Waals surface area contributed by atoms with Crippen molar-refractivity contribution in [2.75, 3.05) is 31.2 Å². The summed E-state index contributed by atoms with van der Waals surface area (Å²) in [6.07, 6.45) is 3.32. The van der Waals surface area contributed by atoms with Crippen molar-refractivity contribution in [3.05, 3.63) is 42.9 Å². The smallest absolute Gasteiger partial charge is 0.388 e. The number of imidazole rings is 1. The molecule has 3 aromatic heterocycles. The summed E-state index contributed by atoms with van der Waals surface area (Å²) in [7, 11) is 0. The van der Waals surface area contributed by atoms with Crippen LogP contribution in [0.3, 0.4) is 0 Å². The lowest BCUT2D eigenvalue weighted by Crippen LogP contribution is -2.37. The molecule has 11 heteroatoms. The summed E-state index contributed by atoms with van der Waals surface area (Å²) in [5, 5.41) is 4.25. The molecule has 4 heterocycles. The fraction of sp³-hybridized carbons (Fsp3) is 0.333. The number of aryl methyl sites for hydroxylation is 1. The molecule has 5 rings (SSSR count). The molecule has 0 amide bonds. The van der Waals surface area contributed by atoms with Gasteiger partial charge in [-0.25, -0.2) is 9.67 Å². The van der Waals surface area contributed by atoms with Crippen molar-refractivity contribution in [3.8, 4) is 23.0 Å². The van der Waals surface area contributed by atoms with Gasteiger partial charge in [-0.1, -0.05) is 30.3 Å². The minimum Gasteiger partial charge on any atom is -0.415 e. The van der Waals surface area contributed by atoms with Crippen molar-refractivity contribution in [2.24, 2.45) is 0 Å². The second kappa shape index (κ2) is 8.50. The number of rotatable bonds is 6. The molecular formula is C21H21F2N7O2. The second-order valence-corrected chi connectivity index (χ2v) is 7.19. The van der Waals surface area contributed by atoms with E-state index >= 15 is 0 Å². The van der Waals surface area contributed by atoms with Gasteiger partial charge in [0.1, 0.15) is 0 Å². The SMILES string of the molecule is CCn1cnc2c(N3CCOCC3)nc(-n3cc(-c4ccccc4)c(OC(F)F)n3)nc21. The van der Waals surface area contributed by atoms with Crippen LogP contribution in [0.25, 0.3) is 28.2 Å². The number of morpholine rings is 1. The highest BCUT2D eigenvalue weighted by Crippen LogP contribution is 2.31. The first-order valence-corrected chi connectivity index (χ1v) is 10.3. The molecule has 1 saturated heterocycles. The summed E-state index contributed by atoms with van der Waals surface area (Å²) in [4.78, 5) is 16.0. The second-order valence-electron chi connectivity index (χ2n) is 7.19. The molecule has 0 radical (unpaired) electrons. The number of nitrogens with zero attached hydrogens (tertiary/aromatic N) is 7. The Labute approximate surface area is 182 Å². The fourth-order valence-electron chi connectivity index (χ4n) is 3.70. The Bertz CT molecular complexity index is 1220. The van der Waals surface area contributed by atoms with Crippen LogP contribution in [0.15, 0.2) is 42.9 Å². The zero-order valence-electron chi connectivity index (χ0n) is 17.4. The minimum absolute atomic E-state index is 0.188. The molecule has 0 atom stereocenters. The van der Waals surface area contributed by atoms with Gasteiger partial charge in [0.2, 0.25) is 5.88 Å². The number of fused-ring (bicyclic) bond motifs is 1. The van der Waals surface area contributed by atoms with Crippen molar-refractivity contribution in [3.63, 3.8) is 0 Å².